The lowest BCUT2D eigenvalue weighted by Gasteiger charge is -2.04. The minimum absolute atomic E-state index is 0.172. The molecule has 1 rings (SSSR count). The number of phenolic OH excluding ortho intramolecular Hbond substituents is 1. The topological polar surface area (TPSA) is 66.8 Å². The summed E-state index contributed by atoms with van der Waals surface area (Å²) in [6, 6.07) is 5.27. The SMILES string of the molecule is C=CCc1ccc(O)c(OC)c1.CC(C)C(=O)O. The number of aliphatic carboxylic acids is 1. The van der Waals surface area contributed by atoms with Gasteiger partial charge in [-0.05, 0) is 24.1 Å². The van der Waals surface area contributed by atoms with Gasteiger partial charge in [0.2, 0.25) is 0 Å². The monoisotopic (exact) mass is 252 g/mol. The smallest absolute Gasteiger partial charge is 0.305 e. The highest BCUT2D eigenvalue weighted by molar-refractivity contribution is 5.68. The molecule has 0 aliphatic heterocycles. The highest BCUT2D eigenvalue weighted by Gasteiger charge is 2.00. The van der Waals surface area contributed by atoms with Crippen LogP contribution < -0.4 is 4.74 Å². The van der Waals surface area contributed by atoms with Crippen LogP contribution in [0.5, 0.6) is 11.5 Å². The first-order valence-corrected chi connectivity index (χ1v) is 5.62. The maximum absolute atomic E-state index is 9.70. The van der Waals surface area contributed by atoms with Crippen molar-refractivity contribution < 1.29 is 19.7 Å². The van der Waals surface area contributed by atoms with Gasteiger partial charge in [0.25, 0.3) is 0 Å². The first-order chi connectivity index (χ1) is 8.42. The zero-order valence-corrected chi connectivity index (χ0v) is 11.0. The predicted molar refractivity (Wildman–Crippen MR) is 71.0 cm³/mol. The molecular weight excluding hydrogens is 232 g/mol. The van der Waals surface area contributed by atoms with Gasteiger partial charge in [-0.1, -0.05) is 26.0 Å². The highest BCUT2D eigenvalue weighted by atomic mass is 16.5. The lowest BCUT2D eigenvalue weighted by molar-refractivity contribution is -0.140. The second-order valence-corrected chi connectivity index (χ2v) is 3.99. The molecule has 0 atom stereocenters. The van der Waals surface area contributed by atoms with E-state index in [0.29, 0.717) is 5.75 Å². The number of carbonyl (C=O) groups is 1. The molecule has 0 bridgehead atoms. The van der Waals surface area contributed by atoms with Crippen LogP contribution in [0.15, 0.2) is 30.9 Å². The number of rotatable bonds is 4. The number of hydrogen-bond donors (Lipinski definition) is 2. The van der Waals surface area contributed by atoms with Crippen molar-refractivity contribution in [3.63, 3.8) is 0 Å². The van der Waals surface area contributed by atoms with E-state index < -0.39 is 5.97 Å². The molecular formula is C14H20O4. The van der Waals surface area contributed by atoms with Gasteiger partial charge in [-0.3, -0.25) is 4.79 Å². The summed E-state index contributed by atoms with van der Waals surface area (Å²) in [6.45, 7) is 6.91. The van der Waals surface area contributed by atoms with Crippen LogP contribution >= 0.6 is 0 Å². The second-order valence-electron chi connectivity index (χ2n) is 3.99. The third-order valence-electron chi connectivity index (χ3n) is 2.12. The highest BCUT2D eigenvalue weighted by Crippen LogP contribution is 2.26. The Hall–Kier alpha value is -1.97. The van der Waals surface area contributed by atoms with Crippen molar-refractivity contribution in [3.8, 4) is 11.5 Å². The largest absolute Gasteiger partial charge is 0.504 e. The number of allylic oxidation sites excluding steroid dienone is 1. The van der Waals surface area contributed by atoms with Gasteiger partial charge in [-0.15, -0.1) is 6.58 Å². The molecule has 0 saturated heterocycles. The molecule has 2 N–H and O–H groups in total. The van der Waals surface area contributed by atoms with Crippen LogP contribution in [0.4, 0.5) is 0 Å². The molecule has 1 aromatic carbocycles. The maximum Gasteiger partial charge on any atom is 0.305 e. The van der Waals surface area contributed by atoms with Crippen molar-refractivity contribution in [1.82, 2.24) is 0 Å². The Morgan fingerprint density at radius 1 is 1.50 bits per heavy atom. The van der Waals surface area contributed by atoms with Gasteiger partial charge >= 0.3 is 5.97 Å². The number of hydrogen-bond acceptors (Lipinski definition) is 3. The van der Waals surface area contributed by atoms with Crippen molar-refractivity contribution in [1.29, 1.82) is 0 Å². The average molecular weight is 252 g/mol. The van der Waals surface area contributed by atoms with Crippen LogP contribution in [0.1, 0.15) is 19.4 Å². The van der Waals surface area contributed by atoms with Gasteiger partial charge in [-0.2, -0.15) is 0 Å². The summed E-state index contributed by atoms with van der Waals surface area (Å²) in [5.41, 5.74) is 1.08. The Balaban J connectivity index is 0.000000411. The Morgan fingerprint density at radius 2 is 2.06 bits per heavy atom. The molecule has 100 valence electrons. The number of carboxylic acid groups (broad SMARTS) is 1. The van der Waals surface area contributed by atoms with Gasteiger partial charge in [0, 0.05) is 0 Å². The van der Waals surface area contributed by atoms with E-state index in [1.807, 2.05) is 12.1 Å². The zero-order valence-electron chi connectivity index (χ0n) is 11.0. The second kappa shape index (κ2) is 8.17. The Kier molecular flexibility index (Phi) is 7.28. The van der Waals surface area contributed by atoms with E-state index in [1.54, 1.807) is 26.0 Å². The number of ether oxygens (including phenoxy) is 1. The number of carboxylic acids is 1. The normalized spacial score (nSPS) is 9.33. The molecule has 0 heterocycles. The molecule has 0 radical (unpaired) electrons. The molecule has 0 aliphatic carbocycles. The van der Waals surface area contributed by atoms with Crippen LogP contribution in [-0.4, -0.2) is 23.3 Å². The molecule has 4 nitrogen and oxygen atoms in total. The van der Waals surface area contributed by atoms with Crippen molar-refractivity contribution in [2.75, 3.05) is 7.11 Å². The van der Waals surface area contributed by atoms with E-state index in [4.69, 9.17) is 9.84 Å². The quantitative estimate of drug-likeness (QED) is 0.809. The molecule has 0 amide bonds. The Bertz CT molecular complexity index is 397. The molecule has 0 unspecified atom stereocenters. The summed E-state index contributed by atoms with van der Waals surface area (Å²) < 4.78 is 4.95. The van der Waals surface area contributed by atoms with Crippen LogP contribution in [-0.2, 0) is 11.2 Å². The summed E-state index contributed by atoms with van der Waals surface area (Å²) in [6.07, 6.45) is 2.60. The van der Waals surface area contributed by atoms with Gasteiger partial charge < -0.3 is 14.9 Å². The molecule has 4 heteroatoms. The number of methoxy groups -OCH3 is 1. The molecule has 0 spiro atoms. The first-order valence-electron chi connectivity index (χ1n) is 5.62. The Morgan fingerprint density at radius 3 is 2.44 bits per heavy atom. The number of phenols is 1. The maximum atomic E-state index is 9.70. The third kappa shape index (κ3) is 5.94. The molecule has 1 aromatic rings. The summed E-state index contributed by atoms with van der Waals surface area (Å²) in [5.74, 6) is -0.292. The fraction of sp³-hybridized carbons (Fsp3) is 0.357. The Labute approximate surface area is 108 Å². The number of benzene rings is 1. The van der Waals surface area contributed by atoms with Crippen LogP contribution in [0.25, 0.3) is 0 Å². The van der Waals surface area contributed by atoms with Gasteiger partial charge in [0.05, 0.1) is 13.0 Å². The molecule has 0 aliphatic rings. The van der Waals surface area contributed by atoms with Crippen LogP contribution in [0.3, 0.4) is 0 Å². The minimum Gasteiger partial charge on any atom is -0.504 e. The van der Waals surface area contributed by atoms with E-state index in [1.165, 1.54) is 7.11 Å². The van der Waals surface area contributed by atoms with Crippen molar-refractivity contribution >= 4 is 5.97 Å². The van der Waals surface area contributed by atoms with E-state index in [0.717, 1.165) is 12.0 Å². The standard InChI is InChI=1S/C10H12O2.C4H8O2/c1-3-4-8-5-6-9(11)10(7-8)12-2;1-3(2)4(5)6/h3,5-7,11H,1,4H2,2H3;3H,1-2H3,(H,5,6). The number of aromatic hydroxyl groups is 1. The lowest BCUT2D eigenvalue weighted by Crippen LogP contribution is -2.03. The predicted octanol–water partition coefficient (Wildman–Crippen LogP) is 2.86. The first kappa shape index (κ1) is 16.0. The van der Waals surface area contributed by atoms with Crippen molar-refractivity contribution in [3.05, 3.63) is 36.4 Å². The average Bonchev–Trinajstić information content (AvgIpc) is 2.32. The molecule has 0 saturated carbocycles. The van der Waals surface area contributed by atoms with Gasteiger partial charge in [0.1, 0.15) is 0 Å². The van der Waals surface area contributed by atoms with E-state index >= 15 is 0 Å². The van der Waals surface area contributed by atoms with Crippen LogP contribution in [0.2, 0.25) is 0 Å². The van der Waals surface area contributed by atoms with E-state index in [9.17, 15) is 9.90 Å². The fourth-order valence-electron chi connectivity index (χ4n) is 1.02. The van der Waals surface area contributed by atoms with E-state index in [2.05, 4.69) is 6.58 Å². The van der Waals surface area contributed by atoms with Crippen molar-refractivity contribution in [2.24, 2.45) is 5.92 Å². The van der Waals surface area contributed by atoms with Gasteiger partial charge in [0.15, 0.2) is 11.5 Å². The fourth-order valence-corrected chi connectivity index (χ4v) is 1.02. The zero-order chi connectivity index (χ0) is 14.1. The lowest BCUT2D eigenvalue weighted by atomic mass is 10.1. The summed E-state index contributed by atoms with van der Waals surface area (Å²) in [4.78, 5) is 9.70. The van der Waals surface area contributed by atoms with Gasteiger partial charge in [-0.25, -0.2) is 0 Å². The van der Waals surface area contributed by atoms with Crippen LogP contribution in [0, 0.1) is 5.92 Å². The molecule has 0 aromatic heterocycles. The molecule has 0 fully saturated rings. The summed E-state index contributed by atoms with van der Waals surface area (Å²) in [5, 5.41) is 17.2. The van der Waals surface area contributed by atoms with E-state index in [-0.39, 0.29) is 11.7 Å². The summed E-state index contributed by atoms with van der Waals surface area (Å²) >= 11 is 0. The minimum atomic E-state index is -0.741. The molecule has 18 heavy (non-hydrogen) atoms. The van der Waals surface area contributed by atoms with Crippen molar-refractivity contribution in [2.45, 2.75) is 20.3 Å². The third-order valence-corrected chi connectivity index (χ3v) is 2.12. The summed E-state index contributed by atoms with van der Waals surface area (Å²) in [7, 11) is 1.53.